The van der Waals surface area contributed by atoms with Gasteiger partial charge < -0.3 is 10.1 Å². The first-order valence-corrected chi connectivity index (χ1v) is 10.3. The minimum absolute atomic E-state index is 0.118. The number of amides is 1. The van der Waals surface area contributed by atoms with Gasteiger partial charge in [-0.05, 0) is 73.7 Å². The van der Waals surface area contributed by atoms with Gasteiger partial charge in [-0.2, -0.15) is 0 Å². The number of benzene rings is 2. The number of likely N-dealkylation sites (tertiary alicyclic amines) is 1. The smallest absolute Gasteiger partial charge is 0.255 e. The first kappa shape index (κ1) is 20.4. The molecule has 0 saturated carbocycles. The Balaban J connectivity index is 1.55. The van der Waals surface area contributed by atoms with Gasteiger partial charge in [-0.15, -0.1) is 0 Å². The van der Waals surface area contributed by atoms with Gasteiger partial charge >= 0.3 is 0 Å². The van der Waals surface area contributed by atoms with Crippen molar-refractivity contribution < 1.29 is 9.53 Å². The summed E-state index contributed by atoms with van der Waals surface area (Å²) < 4.78 is 5.72. The molecule has 0 radical (unpaired) electrons. The van der Waals surface area contributed by atoms with E-state index < -0.39 is 0 Å². The number of carbonyl (C=O) groups excluding carboxylic acids is 1. The van der Waals surface area contributed by atoms with Crippen molar-refractivity contribution in [1.29, 1.82) is 0 Å². The summed E-state index contributed by atoms with van der Waals surface area (Å²) in [5.74, 6) is 1.91. The molecule has 1 fully saturated rings. The number of nitrogens with zero attached hydrogens (tertiary/aromatic N) is 1. The molecule has 1 saturated heterocycles. The van der Waals surface area contributed by atoms with Crippen LogP contribution in [0.2, 0.25) is 0 Å². The lowest BCUT2D eigenvalue weighted by molar-refractivity contribution is 0.102. The van der Waals surface area contributed by atoms with Gasteiger partial charge in [0.05, 0.1) is 6.61 Å². The van der Waals surface area contributed by atoms with Gasteiger partial charge in [0, 0.05) is 17.8 Å². The van der Waals surface area contributed by atoms with Crippen LogP contribution < -0.4 is 10.1 Å². The molecular weight excluding hydrogens is 348 g/mol. The summed E-state index contributed by atoms with van der Waals surface area (Å²) in [5.41, 5.74) is 2.71. The third kappa shape index (κ3) is 6.10. The number of hydrogen-bond donors (Lipinski definition) is 1. The molecule has 2 aromatic rings. The number of anilines is 1. The second-order valence-electron chi connectivity index (χ2n) is 8.34. The molecule has 1 N–H and O–H groups in total. The Morgan fingerprint density at radius 1 is 1.14 bits per heavy atom. The topological polar surface area (TPSA) is 41.6 Å². The van der Waals surface area contributed by atoms with E-state index in [0.29, 0.717) is 18.1 Å². The lowest BCUT2D eigenvalue weighted by Crippen LogP contribution is -2.32. The maximum Gasteiger partial charge on any atom is 0.255 e. The zero-order valence-corrected chi connectivity index (χ0v) is 17.3. The van der Waals surface area contributed by atoms with E-state index >= 15 is 0 Å². The number of rotatable bonds is 7. The summed E-state index contributed by atoms with van der Waals surface area (Å²) in [5, 5.41) is 2.98. The van der Waals surface area contributed by atoms with Crippen molar-refractivity contribution in [3.8, 4) is 5.75 Å². The van der Waals surface area contributed by atoms with Crippen LogP contribution in [0.15, 0.2) is 48.5 Å². The molecule has 1 amide bonds. The second kappa shape index (κ2) is 9.74. The van der Waals surface area contributed by atoms with Gasteiger partial charge in [0.15, 0.2) is 0 Å². The summed E-state index contributed by atoms with van der Waals surface area (Å²) in [4.78, 5) is 15.1. The molecule has 4 nitrogen and oxygen atoms in total. The summed E-state index contributed by atoms with van der Waals surface area (Å²) in [6.45, 7) is 10.5. The van der Waals surface area contributed by atoms with Crippen LogP contribution in [-0.2, 0) is 6.54 Å². The van der Waals surface area contributed by atoms with Crippen molar-refractivity contribution in [3.05, 3.63) is 59.7 Å². The second-order valence-corrected chi connectivity index (χ2v) is 8.34. The van der Waals surface area contributed by atoms with Crippen molar-refractivity contribution in [2.24, 2.45) is 11.8 Å². The molecule has 0 aliphatic carbocycles. The fraction of sp³-hybridized carbons (Fsp3) is 0.458. The van der Waals surface area contributed by atoms with Crippen LogP contribution in [-0.4, -0.2) is 30.5 Å². The first-order valence-electron chi connectivity index (χ1n) is 10.3. The van der Waals surface area contributed by atoms with Crippen LogP contribution in [0.3, 0.4) is 0 Å². The van der Waals surface area contributed by atoms with Gasteiger partial charge in [0.25, 0.3) is 5.91 Å². The van der Waals surface area contributed by atoms with Crippen molar-refractivity contribution in [2.75, 3.05) is 25.0 Å². The third-order valence-electron chi connectivity index (χ3n) is 5.17. The summed E-state index contributed by atoms with van der Waals surface area (Å²) in [7, 11) is 0. The van der Waals surface area contributed by atoms with E-state index in [0.717, 1.165) is 23.9 Å². The molecule has 0 atom stereocenters. The number of piperidine rings is 1. The molecule has 1 aliphatic heterocycles. The quantitative estimate of drug-likeness (QED) is 0.717. The highest BCUT2D eigenvalue weighted by Gasteiger charge is 2.15. The van der Waals surface area contributed by atoms with Crippen molar-refractivity contribution in [2.45, 2.75) is 40.2 Å². The van der Waals surface area contributed by atoms with E-state index in [9.17, 15) is 4.79 Å². The number of carbonyl (C=O) groups is 1. The zero-order chi connectivity index (χ0) is 19.9. The fourth-order valence-corrected chi connectivity index (χ4v) is 3.37. The molecule has 4 heteroatoms. The van der Waals surface area contributed by atoms with Crippen LogP contribution in [0, 0.1) is 11.8 Å². The van der Waals surface area contributed by atoms with Crippen molar-refractivity contribution in [1.82, 2.24) is 4.90 Å². The Labute approximate surface area is 168 Å². The first-order chi connectivity index (χ1) is 13.5. The van der Waals surface area contributed by atoms with Gasteiger partial charge in [-0.1, -0.05) is 39.0 Å². The van der Waals surface area contributed by atoms with Crippen LogP contribution in [0.25, 0.3) is 0 Å². The largest absolute Gasteiger partial charge is 0.493 e. The highest BCUT2D eigenvalue weighted by Crippen LogP contribution is 2.20. The number of hydrogen-bond acceptors (Lipinski definition) is 3. The Kier molecular flexibility index (Phi) is 7.10. The van der Waals surface area contributed by atoms with E-state index in [1.165, 1.54) is 31.5 Å². The summed E-state index contributed by atoms with van der Waals surface area (Å²) in [6, 6.07) is 15.5. The van der Waals surface area contributed by atoms with Gasteiger partial charge in [-0.3, -0.25) is 9.69 Å². The van der Waals surface area contributed by atoms with Crippen molar-refractivity contribution in [3.63, 3.8) is 0 Å². The molecule has 1 heterocycles. The zero-order valence-electron chi connectivity index (χ0n) is 17.3. The normalized spacial score (nSPS) is 15.6. The van der Waals surface area contributed by atoms with E-state index in [1.54, 1.807) is 6.07 Å². The molecule has 2 aromatic carbocycles. The average molecular weight is 381 g/mol. The monoisotopic (exact) mass is 380 g/mol. The Morgan fingerprint density at radius 2 is 1.86 bits per heavy atom. The lowest BCUT2D eigenvalue weighted by Gasteiger charge is -2.30. The summed E-state index contributed by atoms with van der Waals surface area (Å²) >= 11 is 0. The third-order valence-corrected chi connectivity index (χ3v) is 5.17. The molecule has 0 aromatic heterocycles. The number of nitrogens with one attached hydrogen (secondary N) is 1. The van der Waals surface area contributed by atoms with Crippen LogP contribution in [0.4, 0.5) is 5.69 Å². The highest BCUT2D eigenvalue weighted by atomic mass is 16.5. The van der Waals surface area contributed by atoms with Crippen LogP contribution >= 0.6 is 0 Å². The molecule has 0 bridgehead atoms. The Morgan fingerprint density at radius 3 is 2.54 bits per heavy atom. The standard InChI is InChI=1S/C24H32N2O2/c1-18(2)17-28-23-6-4-5-21(15-23)24(27)25-22-9-7-20(8-10-22)16-26-13-11-19(3)12-14-26/h4-10,15,18-19H,11-14,16-17H2,1-3H3,(H,25,27). The minimum Gasteiger partial charge on any atom is -0.493 e. The lowest BCUT2D eigenvalue weighted by atomic mass is 9.99. The number of ether oxygens (including phenoxy) is 1. The molecule has 0 unspecified atom stereocenters. The minimum atomic E-state index is -0.118. The molecular formula is C24H32N2O2. The molecule has 3 rings (SSSR count). The van der Waals surface area contributed by atoms with Crippen LogP contribution in [0.5, 0.6) is 5.75 Å². The SMILES string of the molecule is CC(C)COc1cccc(C(=O)Nc2ccc(CN3CCC(C)CC3)cc2)c1. The van der Waals surface area contributed by atoms with Gasteiger partial charge in [0.2, 0.25) is 0 Å². The van der Waals surface area contributed by atoms with Gasteiger partial charge in [0.1, 0.15) is 5.75 Å². The fourth-order valence-electron chi connectivity index (χ4n) is 3.37. The predicted octanol–water partition coefficient (Wildman–Crippen LogP) is 5.21. The van der Waals surface area contributed by atoms with E-state index in [1.807, 2.05) is 30.3 Å². The average Bonchev–Trinajstić information content (AvgIpc) is 2.70. The molecule has 0 spiro atoms. The Bertz CT molecular complexity index is 762. The van der Waals surface area contributed by atoms with E-state index in [2.05, 4.69) is 43.1 Å². The predicted molar refractivity (Wildman–Crippen MR) is 115 cm³/mol. The summed E-state index contributed by atoms with van der Waals surface area (Å²) in [6.07, 6.45) is 2.57. The van der Waals surface area contributed by atoms with Crippen molar-refractivity contribution >= 4 is 11.6 Å². The van der Waals surface area contributed by atoms with Crippen LogP contribution in [0.1, 0.15) is 49.5 Å². The maximum absolute atomic E-state index is 12.6. The molecule has 28 heavy (non-hydrogen) atoms. The molecule has 150 valence electrons. The van der Waals surface area contributed by atoms with E-state index in [-0.39, 0.29) is 5.91 Å². The van der Waals surface area contributed by atoms with Gasteiger partial charge in [-0.25, -0.2) is 0 Å². The Hall–Kier alpha value is -2.33. The van der Waals surface area contributed by atoms with E-state index in [4.69, 9.17) is 4.74 Å². The maximum atomic E-state index is 12.6. The highest BCUT2D eigenvalue weighted by molar-refractivity contribution is 6.04. The molecule has 1 aliphatic rings.